The molecule has 3 rings (SSSR count). The van der Waals surface area contributed by atoms with Gasteiger partial charge in [-0.3, -0.25) is 14.4 Å². The first-order valence-corrected chi connectivity index (χ1v) is 9.69. The highest BCUT2D eigenvalue weighted by Crippen LogP contribution is 2.32. The van der Waals surface area contributed by atoms with Gasteiger partial charge in [-0.25, -0.2) is 8.78 Å². The van der Waals surface area contributed by atoms with Crippen molar-refractivity contribution in [2.75, 3.05) is 5.32 Å². The predicted molar refractivity (Wildman–Crippen MR) is 105 cm³/mol. The molecule has 0 spiro atoms. The van der Waals surface area contributed by atoms with Gasteiger partial charge in [-0.05, 0) is 44.4 Å². The number of benzene rings is 1. The predicted octanol–water partition coefficient (Wildman–Crippen LogP) is 3.09. The zero-order valence-electron chi connectivity index (χ0n) is 17.4. The molecule has 176 valence electrons. The van der Waals surface area contributed by atoms with Crippen LogP contribution in [0.15, 0.2) is 18.2 Å². The molecule has 33 heavy (non-hydrogen) atoms. The number of Topliss-reactive ketones (excluding diaryl/α,β-unsaturated/α-hetero) is 1. The average Bonchev–Trinajstić information content (AvgIpc) is 3.28. The lowest BCUT2D eigenvalue weighted by Crippen LogP contribution is -2.59. The second-order valence-electron chi connectivity index (χ2n) is 7.73. The number of rotatable bonds is 6. The van der Waals surface area contributed by atoms with E-state index in [9.17, 15) is 41.1 Å². The summed E-state index contributed by atoms with van der Waals surface area (Å²) in [6.45, 7) is 2.05. The number of anilines is 1. The number of hydrogen-bond acceptors (Lipinski definition) is 4. The summed E-state index contributed by atoms with van der Waals surface area (Å²) in [7, 11) is 0. The third-order valence-electron chi connectivity index (χ3n) is 5.43. The molecule has 0 fully saturated rings. The number of carbonyl (C=O) groups is 4. The highest BCUT2D eigenvalue weighted by Gasteiger charge is 2.53. The summed E-state index contributed by atoms with van der Waals surface area (Å²) in [5.41, 5.74) is -3.31. The molecular formula is C21H18F5N3O4. The zero-order chi connectivity index (χ0) is 24.7. The molecule has 1 aliphatic heterocycles. The van der Waals surface area contributed by atoms with Crippen LogP contribution in [0.4, 0.5) is 27.6 Å². The van der Waals surface area contributed by atoms with Gasteiger partial charge in [-0.15, -0.1) is 0 Å². The van der Waals surface area contributed by atoms with E-state index in [-0.39, 0.29) is 34.6 Å². The van der Waals surface area contributed by atoms with Crippen LogP contribution in [0, 0.1) is 18.6 Å². The Morgan fingerprint density at radius 2 is 1.79 bits per heavy atom. The molecule has 0 saturated heterocycles. The lowest BCUT2D eigenvalue weighted by Gasteiger charge is -2.26. The lowest BCUT2D eigenvalue weighted by atomic mass is 10.00. The Labute approximate surface area is 183 Å². The van der Waals surface area contributed by atoms with Gasteiger partial charge >= 0.3 is 6.18 Å². The number of nitrogens with one attached hydrogen (secondary N) is 2. The van der Waals surface area contributed by atoms with Gasteiger partial charge < -0.3 is 20.0 Å². The first kappa shape index (κ1) is 24.1. The SMILES string of the molecule is Cc1c(C(=O)C(=O)NC(C)(C=O)C(F)(F)F)c2n(c1C(=O)Nc1ccc(F)c(F)c1)CCC2. The summed E-state index contributed by atoms with van der Waals surface area (Å²) >= 11 is 0. The Morgan fingerprint density at radius 3 is 2.36 bits per heavy atom. The number of fused-ring (bicyclic) bond motifs is 1. The van der Waals surface area contributed by atoms with E-state index < -0.39 is 47.2 Å². The maximum absolute atomic E-state index is 13.5. The van der Waals surface area contributed by atoms with Gasteiger partial charge in [-0.1, -0.05) is 0 Å². The van der Waals surface area contributed by atoms with Crippen molar-refractivity contribution in [2.45, 2.75) is 44.9 Å². The van der Waals surface area contributed by atoms with Gasteiger partial charge in [0, 0.05) is 24.0 Å². The van der Waals surface area contributed by atoms with Crippen molar-refractivity contribution >= 4 is 29.6 Å². The Balaban J connectivity index is 1.95. The van der Waals surface area contributed by atoms with Crippen LogP contribution in [0.5, 0.6) is 0 Å². The van der Waals surface area contributed by atoms with Crippen molar-refractivity contribution < 1.29 is 41.1 Å². The molecule has 2 aromatic rings. The fourth-order valence-electron chi connectivity index (χ4n) is 3.65. The number of alkyl halides is 3. The van der Waals surface area contributed by atoms with Crippen LogP contribution in [0.3, 0.4) is 0 Å². The van der Waals surface area contributed by atoms with E-state index in [2.05, 4.69) is 5.32 Å². The van der Waals surface area contributed by atoms with E-state index in [1.54, 1.807) is 0 Å². The van der Waals surface area contributed by atoms with Gasteiger partial charge in [0.2, 0.25) is 0 Å². The number of amides is 2. The highest BCUT2D eigenvalue weighted by molar-refractivity contribution is 6.44. The topological polar surface area (TPSA) is 97.3 Å². The van der Waals surface area contributed by atoms with Crippen LogP contribution in [-0.2, 0) is 22.6 Å². The molecule has 0 saturated carbocycles. The van der Waals surface area contributed by atoms with Crippen molar-refractivity contribution in [3.63, 3.8) is 0 Å². The first-order valence-electron chi connectivity index (χ1n) is 9.69. The molecule has 0 aliphatic carbocycles. The number of aromatic nitrogens is 1. The molecule has 12 heteroatoms. The number of aldehydes is 1. The van der Waals surface area contributed by atoms with Gasteiger partial charge in [-0.2, -0.15) is 13.2 Å². The summed E-state index contributed by atoms with van der Waals surface area (Å²) in [6, 6.07) is 2.69. The van der Waals surface area contributed by atoms with E-state index in [0.29, 0.717) is 19.9 Å². The summed E-state index contributed by atoms with van der Waals surface area (Å²) in [4.78, 5) is 49.0. The smallest absolute Gasteiger partial charge is 0.340 e. The van der Waals surface area contributed by atoms with Gasteiger partial charge in [0.25, 0.3) is 17.6 Å². The second-order valence-corrected chi connectivity index (χ2v) is 7.73. The van der Waals surface area contributed by atoms with E-state index in [4.69, 9.17) is 0 Å². The molecule has 1 aromatic heterocycles. The monoisotopic (exact) mass is 471 g/mol. The fraction of sp³-hybridized carbons (Fsp3) is 0.333. The summed E-state index contributed by atoms with van der Waals surface area (Å²) in [6.07, 6.45) is -4.89. The largest absolute Gasteiger partial charge is 0.418 e. The maximum atomic E-state index is 13.5. The van der Waals surface area contributed by atoms with Crippen LogP contribution >= 0.6 is 0 Å². The quantitative estimate of drug-likeness (QED) is 0.293. The summed E-state index contributed by atoms with van der Waals surface area (Å²) < 4.78 is 67.4. The minimum absolute atomic E-state index is 0.0322. The standard InChI is InChI=1S/C21H18F5N3O4/c1-10-15(17(31)19(33)28-20(2,9-30)21(24,25)26)14-4-3-7-29(14)16(10)18(32)27-11-5-6-12(22)13(23)8-11/h5-6,8-9H,3-4,7H2,1-2H3,(H,27,32)(H,28,33). The van der Waals surface area contributed by atoms with Crippen molar-refractivity contribution in [3.8, 4) is 0 Å². The third kappa shape index (κ3) is 4.24. The Bertz CT molecular complexity index is 1170. The lowest BCUT2D eigenvalue weighted by molar-refractivity contribution is -0.189. The molecule has 2 amide bonds. The Kier molecular flexibility index (Phi) is 6.14. The van der Waals surface area contributed by atoms with Crippen LogP contribution in [-0.4, -0.2) is 40.2 Å². The molecule has 1 aromatic carbocycles. The van der Waals surface area contributed by atoms with Gasteiger partial charge in [0.05, 0.1) is 5.56 Å². The summed E-state index contributed by atoms with van der Waals surface area (Å²) in [5, 5.41) is 3.79. The molecule has 1 atom stereocenters. The zero-order valence-corrected chi connectivity index (χ0v) is 17.4. The van der Waals surface area contributed by atoms with Crippen LogP contribution in [0.25, 0.3) is 0 Å². The molecule has 2 N–H and O–H groups in total. The molecule has 0 bridgehead atoms. The van der Waals surface area contributed by atoms with E-state index in [1.165, 1.54) is 16.8 Å². The molecule has 0 radical (unpaired) electrons. The van der Waals surface area contributed by atoms with Crippen molar-refractivity contribution in [3.05, 3.63) is 52.3 Å². The average molecular weight is 471 g/mol. The van der Waals surface area contributed by atoms with Crippen LogP contribution < -0.4 is 10.6 Å². The minimum Gasteiger partial charge on any atom is -0.340 e. The third-order valence-corrected chi connectivity index (χ3v) is 5.43. The number of halogens is 5. The van der Waals surface area contributed by atoms with Gasteiger partial charge in [0.1, 0.15) is 5.69 Å². The maximum Gasteiger partial charge on any atom is 0.418 e. The number of nitrogens with zero attached hydrogens (tertiary/aromatic N) is 1. The molecule has 1 unspecified atom stereocenters. The number of ketones is 1. The molecular weight excluding hydrogens is 453 g/mol. The van der Waals surface area contributed by atoms with Gasteiger partial charge in [0.15, 0.2) is 23.5 Å². The normalized spacial score (nSPS) is 14.9. The highest BCUT2D eigenvalue weighted by atomic mass is 19.4. The molecule has 2 heterocycles. The van der Waals surface area contributed by atoms with E-state index in [0.717, 1.165) is 18.2 Å². The van der Waals surface area contributed by atoms with Crippen molar-refractivity contribution in [1.29, 1.82) is 0 Å². The van der Waals surface area contributed by atoms with E-state index >= 15 is 0 Å². The molecule has 7 nitrogen and oxygen atoms in total. The summed E-state index contributed by atoms with van der Waals surface area (Å²) in [5.74, 6) is -6.08. The Hall–Kier alpha value is -3.57. The number of carbonyl (C=O) groups excluding carboxylic acids is 4. The van der Waals surface area contributed by atoms with E-state index in [1.807, 2.05) is 0 Å². The Morgan fingerprint density at radius 1 is 1.12 bits per heavy atom. The fourth-order valence-corrected chi connectivity index (χ4v) is 3.65. The molecule has 1 aliphatic rings. The van der Waals surface area contributed by atoms with Crippen molar-refractivity contribution in [2.24, 2.45) is 0 Å². The minimum atomic E-state index is -5.14. The first-order chi connectivity index (χ1) is 15.3. The van der Waals surface area contributed by atoms with Crippen molar-refractivity contribution in [1.82, 2.24) is 9.88 Å². The van der Waals surface area contributed by atoms with Crippen LogP contribution in [0.1, 0.15) is 45.4 Å². The number of hydrogen-bond donors (Lipinski definition) is 2. The van der Waals surface area contributed by atoms with Crippen LogP contribution in [0.2, 0.25) is 0 Å². The second kappa shape index (κ2) is 8.41.